The molecule has 0 N–H and O–H groups in total. The Balaban J connectivity index is 1.55. The molecule has 3 heterocycles. The van der Waals surface area contributed by atoms with Crippen LogP contribution in [0.25, 0.3) is 16.3 Å². The lowest BCUT2D eigenvalue weighted by atomic mass is 10.0. The van der Waals surface area contributed by atoms with Crippen molar-refractivity contribution in [1.29, 1.82) is 5.26 Å². The molecule has 0 aliphatic carbocycles. The molecule has 11 heteroatoms. The molecular weight excluding hydrogens is 545 g/mol. The number of allylic oxidation sites excluding steroid dienone is 1. The zero-order valence-corrected chi connectivity index (χ0v) is 23.2. The van der Waals surface area contributed by atoms with E-state index in [9.17, 15) is 19.6 Å². The van der Waals surface area contributed by atoms with Gasteiger partial charge in [0.1, 0.15) is 16.7 Å². The standard InChI is InChI=1S/C27H22N2O6S3/c1-4-33-25(31)23-15(3)24(26(32)34-5-2)36-21(23)13-19(30)16(14-28)12-17-10-11-22(35-17)38-27-29-18-8-6-7-9-20(18)37-27/h6-12H,4-5,13H2,1-3H3/b16-12+. The van der Waals surface area contributed by atoms with Gasteiger partial charge >= 0.3 is 11.9 Å². The van der Waals surface area contributed by atoms with Crippen LogP contribution in [0, 0.1) is 18.3 Å². The van der Waals surface area contributed by atoms with Crippen molar-refractivity contribution in [2.45, 2.75) is 36.6 Å². The zero-order valence-electron chi connectivity index (χ0n) is 20.7. The number of para-hydroxylation sites is 1. The zero-order chi connectivity index (χ0) is 27.2. The van der Waals surface area contributed by atoms with Gasteiger partial charge in [0.05, 0.1) is 34.6 Å². The number of furan rings is 1. The quantitative estimate of drug-likeness (QED) is 0.121. The lowest BCUT2D eigenvalue weighted by molar-refractivity contribution is -0.114. The van der Waals surface area contributed by atoms with E-state index < -0.39 is 17.7 Å². The fraction of sp³-hybridized carbons (Fsp3) is 0.222. The maximum absolute atomic E-state index is 13.1. The number of carbonyl (C=O) groups excluding carboxylic acids is 3. The number of fused-ring (bicyclic) bond motifs is 1. The van der Waals surface area contributed by atoms with E-state index in [1.165, 1.54) is 17.8 Å². The first-order chi connectivity index (χ1) is 18.3. The van der Waals surface area contributed by atoms with Crippen LogP contribution in [0.1, 0.15) is 50.1 Å². The van der Waals surface area contributed by atoms with Gasteiger partial charge < -0.3 is 13.9 Å². The summed E-state index contributed by atoms with van der Waals surface area (Å²) in [5, 5.41) is 10.2. The van der Waals surface area contributed by atoms with Crippen LogP contribution < -0.4 is 0 Å². The summed E-state index contributed by atoms with van der Waals surface area (Å²) in [7, 11) is 0. The highest BCUT2D eigenvalue weighted by molar-refractivity contribution is 8.01. The number of hydrogen-bond donors (Lipinski definition) is 0. The summed E-state index contributed by atoms with van der Waals surface area (Å²) in [6.45, 7) is 5.26. The van der Waals surface area contributed by atoms with Crippen molar-refractivity contribution in [1.82, 2.24) is 4.98 Å². The number of thiophene rings is 1. The summed E-state index contributed by atoms with van der Waals surface area (Å²) in [5.41, 5.74) is 1.30. The molecule has 0 bridgehead atoms. The van der Waals surface area contributed by atoms with Crippen molar-refractivity contribution in [3.8, 4) is 6.07 Å². The van der Waals surface area contributed by atoms with Gasteiger partial charge in [-0.25, -0.2) is 14.6 Å². The van der Waals surface area contributed by atoms with Gasteiger partial charge in [-0.15, -0.1) is 22.7 Å². The van der Waals surface area contributed by atoms with Crippen molar-refractivity contribution < 1.29 is 28.3 Å². The lowest BCUT2D eigenvalue weighted by Gasteiger charge is -2.05. The fourth-order valence-corrected chi connectivity index (χ4v) is 6.72. The van der Waals surface area contributed by atoms with Crippen LogP contribution in [0.15, 0.2) is 55.8 Å². The Bertz CT molecular complexity index is 1550. The Morgan fingerprint density at radius 2 is 1.82 bits per heavy atom. The van der Waals surface area contributed by atoms with Crippen molar-refractivity contribution in [3.05, 3.63) is 68.6 Å². The van der Waals surface area contributed by atoms with Crippen LogP contribution in [0.2, 0.25) is 0 Å². The highest BCUT2D eigenvalue weighted by Gasteiger charge is 2.28. The monoisotopic (exact) mass is 566 g/mol. The second-order valence-corrected chi connectivity index (χ2v) is 11.2. The van der Waals surface area contributed by atoms with Crippen LogP contribution in [-0.4, -0.2) is 35.9 Å². The Labute approximate surface area is 230 Å². The van der Waals surface area contributed by atoms with E-state index in [1.807, 2.05) is 30.3 Å². The number of esters is 2. The fourth-order valence-electron chi connectivity index (χ4n) is 3.57. The van der Waals surface area contributed by atoms with Crippen molar-refractivity contribution in [2.75, 3.05) is 13.2 Å². The van der Waals surface area contributed by atoms with E-state index in [1.54, 1.807) is 44.2 Å². The van der Waals surface area contributed by atoms with Crippen molar-refractivity contribution in [2.24, 2.45) is 0 Å². The predicted molar refractivity (Wildman–Crippen MR) is 146 cm³/mol. The first kappa shape index (κ1) is 27.3. The summed E-state index contributed by atoms with van der Waals surface area (Å²) in [5.74, 6) is -1.40. The predicted octanol–water partition coefficient (Wildman–Crippen LogP) is 6.48. The second-order valence-electron chi connectivity index (χ2n) is 7.77. The summed E-state index contributed by atoms with van der Waals surface area (Å²) in [6.07, 6.45) is 1.11. The molecule has 0 saturated heterocycles. The third kappa shape index (κ3) is 6.05. The van der Waals surface area contributed by atoms with Gasteiger partial charge in [0.2, 0.25) is 0 Å². The van der Waals surface area contributed by atoms with Crippen molar-refractivity contribution >= 4 is 68.4 Å². The van der Waals surface area contributed by atoms with E-state index in [-0.39, 0.29) is 35.6 Å². The minimum absolute atomic E-state index is 0.134. The molecular formula is C27H22N2O6S3. The highest BCUT2D eigenvalue weighted by atomic mass is 32.2. The Morgan fingerprint density at radius 1 is 1.08 bits per heavy atom. The Hall–Kier alpha value is -3.72. The van der Waals surface area contributed by atoms with E-state index in [4.69, 9.17) is 13.9 Å². The van der Waals surface area contributed by atoms with Crippen molar-refractivity contribution in [3.63, 3.8) is 0 Å². The number of benzene rings is 1. The minimum atomic E-state index is -0.635. The average molecular weight is 567 g/mol. The molecule has 0 amide bonds. The maximum Gasteiger partial charge on any atom is 0.348 e. The number of nitrogens with zero attached hydrogens (tertiary/aromatic N) is 2. The van der Waals surface area contributed by atoms with Crippen LogP contribution in [-0.2, 0) is 20.7 Å². The van der Waals surface area contributed by atoms with E-state index >= 15 is 0 Å². The average Bonchev–Trinajstić information content (AvgIpc) is 3.59. The van der Waals surface area contributed by atoms with E-state index in [2.05, 4.69) is 4.98 Å². The number of aromatic nitrogens is 1. The molecule has 4 aromatic rings. The molecule has 0 unspecified atom stereocenters. The SMILES string of the molecule is CCOC(=O)c1sc(CC(=O)/C(C#N)=C/c2ccc(Sc3nc4ccccc4s3)o2)c(C(=O)OCC)c1C. The van der Waals surface area contributed by atoms with E-state index in [0.717, 1.165) is 25.9 Å². The highest BCUT2D eigenvalue weighted by Crippen LogP contribution is 2.35. The third-order valence-electron chi connectivity index (χ3n) is 5.25. The Morgan fingerprint density at radius 3 is 2.53 bits per heavy atom. The number of nitriles is 1. The minimum Gasteiger partial charge on any atom is -0.462 e. The number of ketones is 1. The molecule has 0 aliphatic rings. The summed E-state index contributed by atoms with van der Waals surface area (Å²) in [4.78, 5) is 43.2. The van der Waals surface area contributed by atoms with Crippen LogP contribution >= 0.6 is 34.4 Å². The van der Waals surface area contributed by atoms with Crippen LogP contribution in [0.3, 0.4) is 0 Å². The number of ether oxygens (including phenoxy) is 2. The third-order valence-corrected chi connectivity index (χ3v) is 8.54. The van der Waals surface area contributed by atoms with Gasteiger partial charge in [0.25, 0.3) is 0 Å². The molecule has 38 heavy (non-hydrogen) atoms. The number of hydrogen-bond acceptors (Lipinski definition) is 11. The number of carbonyl (C=O) groups is 3. The summed E-state index contributed by atoms with van der Waals surface area (Å²) >= 11 is 3.88. The molecule has 4 rings (SSSR count). The molecule has 194 valence electrons. The first-order valence-electron chi connectivity index (χ1n) is 11.6. The van der Waals surface area contributed by atoms with Gasteiger partial charge in [-0.1, -0.05) is 12.1 Å². The van der Waals surface area contributed by atoms with Gasteiger partial charge in [0, 0.05) is 17.4 Å². The summed E-state index contributed by atoms with van der Waals surface area (Å²) in [6, 6.07) is 13.1. The molecule has 0 radical (unpaired) electrons. The topological polar surface area (TPSA) is 119 Å². The number of thiazole rings is 1. The number of rotatable bonds is 10. The molecule has 0 fully saturated rings. The van der Waals surface area contributed by atoms with Crippen LogP contribution in [0.4, 0.5) is 0 Å². The molecule has 0 aliphatic heterocycles. The molecule has 3 aromatic heterocycles. The molecule has 0 spiro atoms. The largest absolute Gasteiger partial charge is 0.462 e. The maximum atomic E-state index is 13.1. The van der Waals surface area contributed by atoms with E-state index in [0.29, 0.717) is 21.3 Å². The van der Waals surface area contributed by atoms with Gasteiger partial charge in [-0.2, -0.15) is 5.26 Å². The van der Waals surface area contributed by atoms with Gasteiger partial charge in [-0.3, -0.25) is 4.79 Å². The molecule has 1 aromatic carbocycles. The molecule has 8 nitrogen and oxygen atoms in total. The molecule has 0 saturated carbocycles. The van der Waals surface area contributed by atoms with Gasteiger partial charge in [-0.05, 0) is 62.4 Å². The smallest absolute Gasteiger partial charge is 0.348 e. The lowest BCUT2D eigenvalue weighted by Crippen LogP contribution is -2.12. The molecule has 0 atom stereocenters. The van der Waals surface area contributed by atoms with Crippen LogP contribution in [0.5, 0.6) is 0 Å². The normalized spacial score (nSPS) is 11.4. The van der Waals surface area contributed by atoms with Gasteiger partial charge in [0.15, 0.2) is 15.2 Å². The summed E-state index contributed by atoms with van der Waals surface area (Å²) < 4.78 is 17.9. The Kier molecular flexibility index (Phi) is 8.78. The second kappa shape index (κ2) is 12.2. The number of Topliss-reactive ketones (excluding diaryl/α,β-unsaturated/α-hetero) is 1. The first-order valence-corrected chi connectivity index (χ1v) is 14.0.